The molecule has 0 radical (unpaired) electrons. The molecule has 0 aliphatic rings. The first-order valence-electron chi connectivity index (χ1n) is 9.56. The molecule has 1 unspecified atom stereocenters. The van der Waals surface area contributed by atoms with Crippen molar-refractivity contribution in [3.63, 3.8) is 0 Å². The zero-order valence-electron chi connectivity index (χ0n) is 17.1. The second kappa shape index (κ2) is 8.47. The lowest BCUT2D eigenvalue weighted by Crippen LogP contribution is -2.35. The Labute approximate surface area is 170 Å². The Morgan fingerprint density at radius 1 is 1.21 bits per heavy atom. The summed E-state index contributed by atoms with van der Waals surface area (Å²) in [4.78, 5) is 16.3. The lowest BCUT2D eigenvalue weighted by atomic mass is 9.87. The molecule has 0 aliphatic heterocycles. The van der Waals surface area contributed by atoms with E-state index in [0.717, 1.165) is 0 Å². The number of benzene rings is 2. The minimum atomic E-state index is -0.662. The number of rotatable bonds is 6. The summed E-state index contributed by atoms with van der Waals surface area (Å²) in [6.07, 6.45) is 4.14. The maximum atomic E-state index is 14.3. The summed E-state index contributed by atoms with van der Waals surface area (Å²) in [5, 5.41) is 2.79. The Kier molecular flexibility index (Phi) is 6.01. The summed E-state index contributed by atoms with van der Waals surface area (Å²) >= 11 is 0. The number of halogens is 1. The smallest absolute Gasteiger partial charge is 0.261 e. The van der Waals surface area contributed by atoms with Crippen LogP contribution in [-0.4, -0.2) is 21.6 Å². The molecule has 0 saturated heterocycles. The van der Waals surface area contributed by atoms with Gasteiger partial charge in [-0.05, 0) is 47.7 Å². The highest BCUT2D eigenvalue weighted by Gasteiger charge is 2.17. The van der Waals surface area contributed by atoms with E-state index in [9.17, 15) is 9.18 Å². The molecule has 5 nitrogen and oxygen atoms in total. The van der Waals surface area contributed by atoms with Gasteiger partial charge in [0, 0.05) is 18.9 Å². The molecule has 1 amide bonds. The van der Waals surface area contributed by atoms with Gasteiger partial charge in [0.25, 0.3) is 5.91 Å². The lowest BCUT2D eigenvalue weighted by Gasteiger charge is -2.20. The molecular weight excluding hydrogens is 369 g/mol. The van der Waals surface area contributed by atoms with Crippen molar-refractivity contribution in [1.82, 2.24) is 14.9 Å². The van der Waals surface area contributed by atoms with Crippen molar-refractivity contribution >= 4 is 5.91 Å². The number of imidazole rings is 1. The number of nitrogens with one attached hydrogen (secondary N) is 1. The highest BCUT2D eigenvalue weighted by molar-refractivity contribution is 5.80. The summed E-state index contributed by atoms with van der Waals surface area (Å²) in [6.45, 7) is 8.34. The van der Waals surface area contributed by atoms with Crippen LogP contribution in [0.5, 0.6) is 5.75 Å². The van der Waals surface area contributed by atoms with Crippen LogP contribution in [0.2, 0.25) is 0 Å². The Balaban J connectivity index is 1.55. The minimum Gasteiger partial charge on any atom is -0.481 e. The third-order valence-electron chi connectivity index (χ3n) is 4.66. The van der Waals surface area contributed by atoms with Gasteiger partial charge in [-0.3, -0.25) is 4.79 Å². The molecule has 3 aromatic rings. The van der Waals surface area contributed by atoms with Crippen molar-refractivity contribution in [1.29, 1.82) is 0 Å². The Bertz CT molecular complexity index is 961. The van der Waals surface area contributed by atoms with E-state index in [1.54, 1.807) is 36.0 Å². The number of hydrogen-bond donors (Lipinski definition) is 1. The van der Waals surface area contributed by atoms with Crippen molar-refractivity contribution < 1.29 is 13.9 Å². The average molecular weight is 395 g/mol. The standard InChI is InChI=1S/C23H26FN3O2/c1-16(29-19-8-6-18(7-9-19)23(2,3)4)22(28)26-14-17-5-10-21(20(24)13-17)27-12-11-25-15-27/h5-13,15-16H,14H2,1-4H3,(H,26,28). The van der Waals surface area contributed by atoms with Crippen LogP contribution in [0.3, 0.4) is 0 Å². The van der Waals surface area contributed by atoms with Crippen molar-refractivity contribution in [2.75, 3.05) is 0 Å². The van der Waals surface area contributed by atoms with E-state index in [1.807, 2.05) is 24.3 Å². The molecule has 1 aromatic heterocycles. The molecule has 1 atom stereocenters. The maximum Gasteiger partial charge on any atom is 0.261 e. The molecular formula is C23H26FN3O2. The zero-order valence-corrected chi connectivity index (χ0v) is 17.1. The predicted molar refractivity (Wildman–Crippen MR) is 111 cm³/mol. The molecule has 2 aromatic carbocycles. The molecule has 3 rings (SSSR count). The Hall–Kier alpha value is -3.15. The summed E-state index contributed by atoms with van der Waals surface area (Å²) in [5.41, 5.74) is 2.34. The van der Waals surface area contributed by atoms with E-state index >= 15 is 0 Å². The van der Waals surface area contributed by atoms with Crippen LogP contribution in [0, 0.1) is 5.82 Å². The molecule has 0 bridgehead atoms. The van der Waals surface area contributed by atoms with Crippen molar-refractivity contribution in [2.24, 2.45) is 0 Å². The third-order valence-corrected chi connectivity index (χ3v) is 4.66. The first kappa shape index (κ1) is 20.6. The molecule has 1 heterocycles. The van der Waals surface area contributed by atoms with Crippen LogP contribution in [0.4, 0.5) is 4.39 Å². The summed E-state index contributed by atoms with van der Waals surface area (Å²) in [6, 6.07) is 12.6. The second-order valence-electron chi connectivity index (χ2n) is 8.01. The van der Waals surface area contributed by atoms with Crippen molar-refractivity contribution in [3.05, 3.63) is 78.1 Å². The van der Waals surface area contributed by atoms with E-state index in [4.69, 9.17) is 4.74 Å². The fraction of sp³-hybridized carbons (Fsp3) is 0.304. The number of carbonyl (C=O) groups is 1. The largest absolute Gasteiger partial charge is 0.481 e. The topological polar surface area (TPSA) is 56.1 Å². The molecule has 152 valence electrons. The monoisotopic (exact) mass is 395 g/mol. The SMILES string of the molecule is CC(Oc1ccc(C(C)(C)C)cc1)C(=O)NCc1ccc(-n2ccnc2)c(F)c1. The van der Waals surface area contributed by atoms with Crippen LogP contribution < -0.4 is 10.1 Å². The lowest BCUT2D eigenvalue weighted by molar-refractivity contribution is -0.127. The van der Waals surface area contributed by atoms with E-state index in [-0.39, 0.29) is 23.7 Å². The van der Waals surface area contributed by atoms with Gasteiger partial charge >= 0.3 is 0 Å². The average Bonchev–Trinajstić information content (AvgIpc) is 3.20. The number of carbonyl (C=O) groups excluding carboxylic acids is 1. The van der Waals surface area contributed by atoms with Gasteiger partial charge in [-0.25, -0.2) is 9.37 Å². The molecule has 0 spiro atoms. The highest BCUT2D eigenvalue weighted by atomic mass is 19.1. The summed E-state index contributed by atoms with van der Waals surface area (Å²) in [7, 11) is 0. The van der Waals surface area contributed by atoms with Gasteiger partial charge in [-0.1, -0.05) is 39.0 Å². The summed E-state index contributed by atoms with van der Waals surface area (Å²) in [5.74, 6) is -0.00152. The molecule has 29 heavy (non-hydrogen) atoms. The summed E-state index contributed by atoms with van der Waals surface area (Å²) < 4.78 is 21.6. The number of nitrogens with zero attached hydrogens (tertiary/aromatic N) is 2. The van der Waals surface area contributed by atoms with E-state index in [2.05, 4.69) is 31.1 Å². The molecule has 0 fully saturated rings. The number of amides is 1. The highest BCUT2D eigenvalue weighted by Crippen LogP contribution is 2.24. The quantitative estimate of drug-likeness (QED) is 0.673. The van der Waals surface area contributed by atoms with Gasteiger partial charge < -0.3 is 14.6 Å². The van der Waals surface area contributed by atoms with Gasteiger partial charge in [0.1, 0.15) is 11.6 Å². The maximum absolute atomic E-state index is 14.3. The predicted octanol–water partition coefficient (Wildman–Crippen LogP) is 4.39. The molecule has 0 aliphatic carbocycles. The number of aromatic nitrogens is 2. The number of ether oxygens (including phenoxy) is 1. The van der Waals surface area contributed by atoms with Crippen LogP contribution >= 0.6 is 0 Å². The second-order valence-corrected chi connectivity index (χ2v) is 8.01. The third kappa shape index (κ3) is 5.22. The normalized spacial score (nSPS) is 12.4. The van der Waals surface area contributed by atoms with Gasteiger partial charge in [-0.2, -0.15) is 0 Å². The van der Waals surface area contributed by atoms with Gasteiger partial charge in [0.2, 0.25) is 0 Å². The number of hydrogen-bond acceptors (Lipinski definition) is 3. The minimum absolute atomic E-state index is 0.0597. The molecule has 1 N–H and O–H groups in total. The Morgan fingerprint density at radius 3 is 2.52 bits per heavy atom. The molecule has 6 heteroatoms. The Morgan fingerprint density at radius 2 is 1.93 bits per heavy atom. The van der Waals surface area contributed by atoms with E-state index < -0.39 is 6.10 Å². The first-order chi connectivity index (χ1) is 13.7. The van der Waals surface area contributed by atoms with Gasteiger partial charge in [0.15, 0.2) is 6.10 Å². The van der Waals surface area contributed by atoms with Gasteiger partial charge in [-0.15, -0.1) is 0 Å². The van der Waals surface area contributed by atoms with Crippen molar-refractivity contribution in [3.8, 4) is 11.4 Å². The first-order valence-corrected chi connectivity index (χ1v) is 9.56. The van der Waals surface area contributed by atoms with E-state index in [0.29, 0.717) is 17.0 Å². The van der Waals surface area contributed by atoms with Crippen LogP contribution in [0.25, 0.3) is 5.69 Å². The zero-order chi connectivity index (χ0) is 21.0. The van der Waals surface area contributed by atoms with Crippen molar-refractivity contribution in [2.45, 2.75) is 45.8 Å². The van der Waals surface area contributed by atoms with Crippen LogP contribution in [0.1, 0.15) is 38.8 Å². The van der Waals surface area contributed by atoms with Crippen LogP contribution in [-0.2, 0) is 16.8 Å². The van der Waals surface area contributed by atoms with Crippen LogP contribution in [0.15, 0.2) is 61.2 Å². The fourth-order valence-electron chi connectivity index (χ4n) is 2.90. The van der Waals surface area contributed by atoms with E-state index in [1.165, 1.54) is 18.0 Å². The molecule has 0 saturated carbocycles. The van der Waals surface area contributed by atoms with Gasteiger partial charge in [0.05, 0.1) is 12.0 Å². The fourth-order valence-corrected chi connectivity index (χ4v) is 2.90.